The molecule has 0 aliphatic heterocycles. The second-order valence-electron chi connectivity index (χ2n) is 9.89. The van der Waals surface area contributed by atoms with Gasteiger partial charge in [-0.2, -0.15) is 0 Å². The van der Waals surface area contributed by atoms with Crippen molar-refractivity contribution in [2.45, 2.75) is 79.4 Å². The molecular formula is C22H42N4O5. The summed E-state index contributed by atoms with van der Waals surface area (Å²) in [7, 11) is 0. The number of carbonyl (C=O) groups excluding carboxylic acids is 4. The second kappa shape index (κ2) is 12.6. The molecule has 0 fully saturated rings. The van der Waals surface area contributed by atoms with Crippen molar-refractivity contribution in [3.63, 3.8) is 0 Å². The van der Waals surface area contributed by atoms with Crippen LogP contribution in [-0.2, 0) is 19.2 Å². The largest absolute Gasteiger partial charge is 0.393 e. The van der Waals surface area contributed by atoms with Gasteiger partial charge < -0.3 is 27.2 Å². The number of carbonyl (C=O) groups is 4. The first-order valence-electron chi connectivity index (χ1n) is 10.9. The molecule has 4 unspecified atom stereocenters. The molecule has 180 valence electrons. The van der Waals surface area contributed by atoms with Crippen molar-refractivity contribution in [1.29, 1.82) is 0 Å². The quantitative estimate of drug-likeness (QED) is 0.266. The summed E-state index contributed by atoms with van der Waals surface area (Å²) < 4.78 is 0. The number of rotatable bonds is 14. The van der Waals surface area contributed by atoms with E-state index in [0.29, 0.717) is 13.0 Å². The zero-order chi connectivity index (χ0) is 24.5. The number of aliphatic hydroxyl groups is 1. The van der Waals surface area contributed by atoms with E-state index in [1.807, 2.05) is 27.7 Å². The Balaban J connectivity index is 5.26. The SMILES string of the molecule is CC(C)CNC(=O)C(C)(C)NC(=O)C(C)CC(O)C(CC(C)C)C(CC(N)=O)C(N)=O. The maximum absolute atomic E-state index is 12.7. The van der Waals surface area contributed by atoms with Crippen LogP contribution in [0.25, 0.3) is 0 Å². The van der Waals surface area contributed by atoms with Crippen LogP contribution in [-0.4, -0.2) is 46.9 Å². The Kier molecular flexibility index (Phi) is 11.8. The highest BCUT2D eigenvalue weighted by molar-refractivity contribution is 5.91. The van der Waals surface area contributed by atoms with E-state index >= 15 is 0 Å². The monoisotopic (exact) mass is 442 g/mol. The fraction of sp³-hybridized carbons (Fsp3) is 0.818. The van der Waals surface area contributed by atoms with Gasteiger partial charge in [-0.15, -0.1) is 0 Å². The molecule has 0 aromatic carbocycles. The molecule has 0 spiro atoms. The first-order valence-corrected chi connectivity index (χ1v) is 10.9. The van der Waals surface area contributed by atoms with E-state index in [0.717, 1.165) is 0 Å². The number of aliphatic hydroxyl groups excluding tert-OH is 1. The van der Waals surface area contributed by atoms with Crippen molar-refractivity contribution in [3.05, 3.63) is 0 Å². The van der Waals surface area contributed by atoms with Crippen molar-refractivity contribution in [1.82, 2.24) is 10.6 Å². The van der Waals surface area contributed by atoms with Gasteiger partial charge >= 0.3 is 0 Å². The van der Waals surface area contributed by atoms with Gasteiger partial charge in [-0.25, -0.2) is 0 Å². The fourth-order valence-corrected chi connectivity index (χ4v) is 3.46. The maximum Gasteiger partial charge on any atom is 0.245 e. The van der Waals surface area contributed by atoms with Crippen molar-refractivity contribution >= 4 is 23.6 Å². The van der Waals surface area contributed by atoms with Gasteiger partial charge in [-0.05, 0) is 44.4 Å². The summed E-state index contributed by atoms with van der Waals surface area (Å²) in [5.41, 5.74) is 9.61. The van der Waals surface area contributed by atoms with Crippen molar-refractivity contribution in [3.8, 4) is 0 Å². The van der Waals surface area contributed by atoms with E-state index in [4.69, 9.17) is 11.5 Å². The average Bonchev–Trinajstić information content (AvgIpc) is 2.61. The summed E-state index contributed by atoms with van der Waals surface area (Å²) in [6.45, 7) is 13.2. The Hall–Kier alpha value is -2.16. The molecule has 0 aliphatic carbocycles. The molecule has 0 aliphatic rings. The summed E-state index contributed by atoms with van der Waals surface area (Å²) in [5.74, 6) is -3.82. The van der Waals surface area contributed by atoms with Crippen molar-refractivity contribution in [2.75, 3.05) is 6.54 Å². The van der Waals surface area contributed by atoms with Crippen LogP contribution < -0.4 is 22.1 Å². The maximum atomic E-state index is 12.7. The smallest absolute Gasteiger partial charge is 0.245 e. The molecule has 4 amide bonds. The summed E-state index contributed by atoms with van der Waals surface area (Å²) in [6, 6.07) is 0. The van der Waals surface area contributed by atoms with Crippen molar-refractivity contribution in [2.24, 2.45) is 41.1 Å². The second-order valence-corrected chi connectivity index (χ2v) is 9.89. The van der Waals surface area contributed by atoms with Crippen LogP contribution in [0.3, 0.4) is 0 Å². The fourth-order valence-electron chi connectivity index (χ4n) is 3.46. The lowest BCUT2D eigenvalue weighted by Gasteiger charge is -2.32. The van der Waals surface area contributed by atoms with Gasteiger partial charge in [-0.1, -0.05) is 34.6 Å². The van der Waals surface area contributed by atoms with E-state index in [2.05, 4.69) is 10.6 Å². The van der Waals surface area contributed by atoms with Crippen LogP contribution in [0.5, 0.6) is 0 Å². The Morgan fingerprint density at radius 1 is 0.935 bits per heavy atom. The number of nitrogens with two attached hydrogens (primary N) is 2. The molecule has 9 heteroatoms. The minimum Gasteiger partial charge on any atom is -0.393 e. The van der Waals surface area contributed by atoms with Crippen LogP contribution >= 0.6 is 0 Å². The molecule has 4 atom stereocenters. The lowest BCUT2D eigenvalue weighted by atomic mass is 9.77. The van der Waals surface area contributed by atoms with Gasteiger partial charge in [0.2, 0.25) is 23.6 Å². The Bertz CT molecular complexity index is 633. The first-order chi connectivity index (χ1) is 14.1. The third-order valence-electron chi connectivity index (χ3n) is 5.26. The highest BCUT2D eigenvalue weighted by Crippen LogP contribution is 2.30. The number of hydrogen-bond donors (Lipinski definition) is 5. The first kappa shape index (κ1) is 28.8. The Morgan fingerprint density at radius 2 is 1.48 bits per heavy atom. The van der Waals surface area contributed by atoms with Crippen LogP contribution in [0.15, 0.2) is 0 Å². The van der Waals surface area contributed by atoms with Gasteiger partial charge in [0, 0.05) is 18.9 Å². The minimum absolute atomic E-state index is 0.0510. The number of amides is 4. The summed E-state index contributed by atoms with van der Waals surface area (Å²) in [5, 5.41) is 16.4. The predicted molar refractivity (Wildman–Crippen MR) is 119 cm³/mol. The van der Waals surface area contributed by atoms with Crippen LogP contribution in [0.1, 0.15) is 67.7 Å². The zero-order valence-electron chi connectivity index (χ0n) is 20.0. The lowest BCUT2D eigenvalue weighted by molar-refractivity contribution is -0.135. The number of primary amides is 2. The molecule has 0 radical (unpaired) electrons. The molecule has 0 saturated heterocycles. The average molecular weight is 443 g/mol. The topological polar surface area (TPSA) is 165 Å². The lowest BCUT2D eigenvalue weighted by Crippen LogP contribution is -2.56. The summed E-state index contributed by atoms with van der Waals surface area (Å²) >= 11 is 0. The molecule has 0 aromatic rings. The van der Waals surface area contributed by atoms with E-state index in [9.17, 15) is 24.3 Å². The van der Waals surface area contributed by atoms with Crippen molar-refractivity contribution < 1.29 is 24.3 Å². The molecule has 0 rings (SSSR count). The number of hydrogen-bond acceptors (Lipinski definition) is 5. The molecular weight excluding hydrogens is 400 g/mol. The van der Waals surface area contributed by atoms with Crippen LogP contribution in [0.4, 0.5) is 0 Å². The van der Waals surface area contributed by atoms with Gasteiger partial charge in [0.25, 0.3) is 0 Å². The normalized spacial score (nSPS) is 15.8. The van der Waals surface area contributed by atoms with E-state index < -0.39 is 47.1 Å². The third-order valence-corrected chi connectivity index (χ3v) is 5.26. The summed E-state index contributed by atoms with van der Waals surface area (Å²) in [4.78, 5) is 48.4. The van der Waals surface area contributed by atoms with E-state index in [1.54, 1.807) is 20.8 Å². The Labute approximate surface area is 186 Å². The Morgan fingerprint density at radius 3 is 1.90 bits per heavy atom. The van der Waals surface area contributed by atoms with E-state index in [-0.39, 0.29) is 30.6 Å². The van der Waals surface area contributed by atoms with E-state index in [1.165, 1.54) is 0 Å². The van der Waals surface area contributed by atoms with Gasteiger partial charge in [-0.3, -0.25) is 19.2 Å². The standard InChI is InChI=1S/C22H42N4O5/c1-12(2)8-15(16(19(24)29)10-18(23)28)17(27)9-14(5)20(30)26-22(6,7)21(31)25-11-13(3)4/h12-17,27H,8-11H2,1-7H3,(H2,23,28)(H2,24,29)(H,25,31)(H,26,30). The molecule has 0 saturated carbocycles. The molecule has 31 heavy (non-hydrogen) atoms. The summed E-state index contributed by atoms with van der Waals surface area (Å²) in [6.07, 6.45) is -0.805. The highest BCUT2D eigenvalue weighted by Gasteiger charge is 2.36. The third kappa shape index (κ3) is 10.6. The zero-order valence-corrected chi connectivity index (χ0v) is 20.0. The molecule has 0 aromatic heterocycles. The molecule has 7 N–H and O–H groups in total. The minimum atomic E-state index is -1.12. The van der Waals surface area contributed by atoms with Gasteiger partial charge in [0.1, 0.15) is 5.54 Å². The molecule has 9 nitrogen and oxygen atoms in total. The van der Waals surface area contributed by atoms with Crippen LogP contribution in [0.2, 0.25) is 0 Å². The highest BCUT2D eigenvalue weighted by atomic mass is 16.3. The number of nitrogens with one attached hydrogen (secondary N) is 2. The molecule has 0 bridgehead atoms. The molecule has 0 heterocycles. The van der Waals surface area contributed by atoms with Crippen LogP contribution in [0, 0.1) is 29.6 Å². The predicted octanol–water partition coefficient (Wildman–Crippen LogP) is 0.680. The van der Waals surface area contributed by atoms with Gasteiger partial charge in [0.15, 0.2) is 0 Å². The van der Waals surface area contributed by atoms with Gasteiger partial charge in [0.05, 0.1) is 12.0 Å².